The van der Waals surface area contributed by atoms with E-state index in [4.69, 9.17) is 13.3 Å². The Bertz CT molecular complexity index is 302. The fraction of sp³-hybridized carbons (Fsp3) is 1.00. The van der Waals surface area contributed by atoms with Gasteiger partial charge >= 0.3 is 8.80 Å². The summed E-state index contributed by atoms with van der Waals surface area (Å²) in [7, 11) is -1.57. The van der Waals surface area contributed by atoms with Crippen LogP contribution >= 0.6 is 0 Å². The molecule has 0 aromatic heterocycles. The number of nitrogens with zero attached hydrogens (tertiary/aromatic N) is 1. The number of rotatable bonds is 12. The normalized spacial score (nSPS) is 13.8. The molecule has 0 aromatic rings. The fourth-order valence-corrected chi connectivity index (χ4v) is 7.09. The first-order valence-electron chi connectivity index (χ1n) is 9.19. The van der Waals surface area contributed by atoms with Crippen molar-refractivity contribution in [1.29, 1.82) is 0 Å². The molecule has 6 heteroatoms. The molecule has 140 valence electrons. The van der Waals surface area contributed by atoms with Gasteiger partial charge in [-0.15, -0.1) is 0 Å². The highest BCUT2D eigenvalue weighted by molar-refractivity contribution is 6.77. The lowest BCUT2D eigenvalue weighted by atomic mass is 10.2. The summed E-state index contributed by atoms with van der Waals surface area (Å²) in [6, 6.07) is 0.924. The van der Waals surface area contributed by atoms with Crippen LogP contribution in [-0.4, -0.2) is 55.0 Å². The largest absolute Gasteiger partial charge is 0.500 e. The Morgan fingerprint density at radius 1 is 0.826 bits per heavy atom. The smallest absolute Gasteiger partial charge is 0.374 e. The van der Waals surface area contributed by atoms with E-state index in [-0.39, 0.29) is 0 Å². The fourth-order valence-electron chi connectivity index (χ4n) is 2.54. The van der Waals surface area contributed by atoms with Crippen LogP contribution in [0.2, 0.25) is 24.2 Å². The SMILES string of the molecule is CCO[Si](CCCCN(C)[Si](C)(C)C(C)(C)C)(OCC)OCC. The van der Waals surface area contributed by atoms with Crippen molar-refractivity contribution in [3.63, 3.8) is 0 Å². The standard InChI is InChI=1S/C17H41NO3Si2/c1-10-19-23(20-11-2,21-12-3)16-14-13-15-18(7)22(8,9)17(4,5)6/h10-16H2,1-9H3. The molecule has 0 unspecified atom stereocenters. The summed E-state index contributed by atoms with van der Waals surface area (Å²) in [5.41, 5.74) is 0. The molecule has 23 heavy (non-hydrogen) atoms. The quantitative estimate of drug-likeness (QED) is 0.370. The molecule has 0 N–H and O–H groups in total. The highest BCUT2D eigenvalue weighted by atomic mass is 28.4. The van der Waals surface area contributed by atoms with Crippen LogP contribution in [0, 0.1) is 0 Å². The van der Waals surface area contributed by atoms with Crippen molar-refractivity contribution >= 4 is 17.0 Å². The summed E-state index contributed by atoms with van der Waals surface area (Å²) in [5.74, 6) is 0. The van der Waals surface area contributed by atoms with E-state index in [1.807, 2.05) is 20.8 Å². The lowest BCUT2D eigenvalue weighted by Crippen LogP contribution is -2.53. The minimum absolute atomic E-state index is 0.391. The molecule has 0 aromatic carbocycles. The maximum Gasteiger partial charge on any atom is 0.500 e. The first-order chi connectivity index (χ1) is 10.6. The lowest BCUT2D eigenvalue weighted by molar-refractivity contribution is 0.0706. The van der Waals surface area contributed by atoms with Crippen molar-refractivity contribution in [2.45, 2.75) is 78.6 Å². The second-order valence-corrected chi connectivity index (χ2v) is 15.8. The Morgan fingerprint density at radius 3 is 1.61 bits per heavy atom. The minimum atomic E-state index is -2.46. The highest BCUT2D eigenvalue weighted by Gasteiger charge is 2.41. The maximum absolute atomic E-state index is 5.93. The van der Waals surface area contributed by atoms with E-state index < -0.39 is 17.0 Å². The van der Waals surface area contributed by atoms with Crippen molar-refractivity contribution in [3.05, 3.63) is 0 Å². The van der Waals surface area contributed by atoms with Crippen molar-refractivity contribution in [3.8, 4) is 0 Å². The van der Waals surface area contributed by atoms with Gasteiger partial charge in [0.1, 0.15) is 8.24 Å². The second kappa shape index (κ2) is 10.3. The third-order valence-electron chi connectivity index (χ3n) is 5.11. The van der Waals surface area contributed by atoms with Gasteiger partial charge in [0.05, 0.1) is 0 Å². The Kier molecular flexibility index (Phi) is 10.4. The first kappa shape index (κ1) is 23.3. The number of hydrogen-bond donors (Lipinski definition) is 0. The first-order valence-corrected chi connectivity index (χ1v) is 14.1. The van der Waals surface area contributed by atoms with Gasteiger partial charge in [-0.3, -0.25) is 0 Å². The molecule has 0 saturated heterocycles. The molecule has 0 heterocycles. The molecule has 0 amide bonds. The van der Waals surface area contributed by atoms with Crippen LogP contribution in [0.1, 0.15) is 54.4 Å². The van der Waals surface area contributed by atoms with Gasteiger partial charge in [-0.1, -0.05) is 33.9 Å². The lowest BCUT2D eigenvalue weighted by Gasteiger charge is -2.44. The van der Waals surface area contributed by atoms with Crippen LogP contribution in [0.3, 0.4) is 0 Å². The Hall–Kier alpha value is 0.274. The topological polar surface area (TPSA) is 30.9 Å². The van der Waals surface area contributed by atoms with Crippen LogP contribution in [0.4, 0.5) is 0 Å². The zero-order chi connectivity index (χ0) is 18.1. The zero-order valence-corrected chi connectivity index (χ0v) is 19.1. The van der Waals surface area contributed by atoms with Gasteiger partial charge < -0.3 is 17.8 Å². The van der Waals surface area contributed by atoms with E-state index in [1.165, 1.54) is 6.42 Å². The molecular formula is C17H41NO3Si2. The Labute approximate surface area is 147 Å². The van der Waals surface area contributed by atoms with Crippen molar-refractivity contribution in [2.75, 3.05) is 33.4 Å². The van der Waals surface area contributed by atoms with Gasteiger partial charge in [0.25, 0.3) is 0 Å². The van der Waals surface area contributed by atoms with Gasteiger partial charge in [-0.2, -0.15) is 0 Å². The maximum atomic E-state index is 5.93. The summed E-state index contributed by atoms with van der Waals surface area (Å²) in [5, 5.41) is 0.391. The molecule has 0 fully saturated rings. The van der Waals surface area contributed by atoms with Gasteiger partial charge in [-0.05, 0) is 52.2 Å². The van der Waals surface area contributed by atoms with Gasteiger partial charge in [-0.25, -0.2) is 0 Å². The Balaban J connectivity index is 4.50. The van der Waals surface area contributed by atoms with Crippen molar-refractivity contribution < 1.29 is 13.3 Å². The monoisotopic (exact) mass is 363 g/mol. The summed E-state index contributed by atoms with van der Waals surface area (Å²) in [6.07, 6.45) is 2.27. The van der Waals surface area contributed by atoms with Crippen molar-refractivity contribution in [2.24, 2.45) is 0 Å². The second-order valence-electron chi connectivity index (χ2n) is 7.67. The Morgan fingerprint density at radius 2 is 1.26 bits per heavy atom. The zero-order valence-electron chi connectivity index (χ0n) is 17.1. The van der Waals surface area contributed by atoms with Crippen molar-refractivity contribution in [1.82, 2.24) is 4.57 Å². The predicted molar refractivity (Wildman–Crippen MR) is 105 cm³/mol. The van der Waals surface area contributed by atoms with E-state index >= 15 is 0 Å². The third kappa shape index (κ3) is 7.36. The summed E-state index contributed by atoms with van der Waals surface area (Å²) < 4.78 is 20.4. The number of hydrogen-bond acceptors (Lipinski definition) is 4. The average Bonchev–Trinajstić information content (AvgIpc) is 2.43. The van der Waals surface area contributed by atoms with Gasteiger partial charge in [0.2, 0.25) is 0 Å². The van der Waals surface area contributed by atoms with E-state index in [2.05, 4.69) is 45.5 Å². The van der Waals surface area contributed by atoms with E-state index in [1.54, 1.807) is 0 Å². The predicted octanol–water partition coefficient (Wildman–Crippen LogP) is 4.75. The van der Waals surface area contributed by atoms with E-state index in [9.17, 15) is 0 Å². The van der Waals surface area contributed by atoms with Crippen LogP contribution in [0.15, 0.2) is 0 Å². The van der Waals surface area contributed by atoms with Gasteiger partial charge in [0.15, 0.2) is 0 Å². The number of unbranched alkanes of at least 4 members (excludes halogenated alkanes) is 1. The summed E-state index contributed by atoms with van der Waals surface area (Å²) >= 11 is 0. The third-order valence-corrected chi connectivity index (χ3v) is 14.1. The summed E-state index contributed by atoms with van der Waals surface area (Å²) in [6.45, 7) is 21.2. The molecule has 4 nitrogen and oxygen atoms in total. The molecule has 0 spiro atoms. The summed E-state index contributed by atoms with van der Waals surface area (Å²) in [4.78, 5) is 0. The van der Waals surface area contributed by atoms with Gasteiger partial charge in [0, 0.05) is 25.9 Å². The molecule has 0 saturated carbocycles. The molecule has 0 bridgehead atoms. The van der Waals surface area contributed by atoms with Crippen LogP contribution < -0.4 is 0 Å². The van der Waals surface area contributed by atoms with E-state index in [0.717, 1.165) is 19.0 Å². The molecule has 0 atom stereocenters. The van der Waals surface area contributed by atoms with E-state index in [0.29, 0.717) is 24.9 Å². The average molecular weight is 364 g/mol. The highest BCUT2D eigenvalue weighted by Crippen LogP contribution is 2.37. The molecular weight excluding hydrogens is 322 g/mol. The molecule has 0 aliphatic rings. The minimum Gasteiger partial charge on any atom is -0.374 e. The molecule has 0 radical (unpaired) electrons. The molecule has 0 aliphatic heterocycles. The van der Waals surface area contributed by atoms with Crippen LogP contribution in [0.5, 0.6) is 0 Å². The molecule has 0 aliphatic carbocycles. The van der Waals surface area contributed by atoms with Crippen LogP contribution in [0.25, 0.3) is 0 Å². The molecule has 0 rings (SSSR count). The van der Waals surface area contributed by atoms with Crippen LogP contribution in [-0.2, 0) is 13.3 Å².